The number of rotatable bonds is 8. The van der Waals surface area contributed by atoms with Crippen LogP contribution in [0.3, 0.4) is 0 Å². The van der Waals surface area contributed by atoms with Crippen molar-refractivity contribution in [1.29, 1.82) is 0 Å². The van der Waals surface area contributed by atoms with Crippen LogP contribution in [0.1, 0.15) is 45.0 Å². The molecule has 0 atom stereocenters. The molecule has 1 heterocycles. The van der Waals surface area contributed by atoms with E-state index in [0.717, 1.165) is 36.8 Å². The van der Waals surface area contributed by atoms with Gasteiger partial charge in [-0.3, -0.25) is 4.79 Å². The topological polar surface area (TPSA) is 46.9 Å². The molecule has 20 heavy (non-hydrogen) atoms. The Morgan fingerprint density at radius 1 is 1.40 bits per heavy atom. The van der Waals surface area contributed by atoms with E-state index in [9.17, 15) is 4.79 Å². The largest absolute Gasteiger partial charge is 0.355 e. The first kappa shape index (κ1) is 17.1. The monoisotopic (exact) mass is 297 g/mol. The molecule has 1 aromatic rings. The third-order valence-electron chi connectivity index (χ3n) is 3.16. The molecule has 0 aromatic carbocycles. The van der Waals surface area contributed by atoms with Crippen LogP contribution in [0.25, 0.3) is 0 Å². The molecule has 0 spiro atoms. The van der Waals surface area contributed by atoms with Crippen molar-refractivity contribution in [3.63, 3.8) is 0 Å². The van der Waals surface area contributed by atoms with Crippen LogP contribution >= 0.6 is 11.8 Å². The number of carbonyl (C=O) groups is 1. The maximum absolute atomic E-state index is 11.7. The summed E-state index contributed by atoms with van der Waals surface area (Å²) < 4.78 is 2.23. The number of imidazole rings is 1. The molecular formula is C15H27N3OS. The molecule has 0 aliphatic heterocycles. The lowest BCUT2D eigenvalue weighted by Crippen LogP contribution is -2.26. The Morgan fingerprint density at radius 3 is 2.70 bits per heavy atom. The molecule has 1 N–H and O–H groups in total. The highest BCUT2D eigenvalue weighted by Gasteiger charge is 2.14. The highest BCUT2D eigenvalue weighted by atomic mass is 32.2. The lowest BCUT2D eigenvalue weighted by atomic mass is 10.2. The summed E-state index contributed by atoms with van der Waals surface area (Å²) >= 11 is 1.53. The summed E-state index contributed by atoms with van der Waals surface area (Å²) in [5.41, 5.74) is 2.26. The van der Waals surface area contributed by atoms with Crippen LogP contribution in [0.15, 0.2) is 5.16 Å². The Morgan fingerprint density at radius 2 is 2.10 bits per heavy atom. The maximum Gasteiger partial charge on any atom is 0.230 e. The molecule has 1 amide bonds. The smallest absolute Gasteiger partial charge is 0.230 e. The molecule has 0 bridgehead atoms. The number of aryl methyl sites for hydroxylation is 1. The summed E-state index contributed by atoms with van der Waals surface area (Å²) in [5, 5.41) is 3.90. The molecule has 0 fully saturated rings. The van der Waals surface area contributed by atoms with Crippen LogP contribution in [-0.4, -0.2) is 27.8 Å². The van der Waals surface area contributed by atoms with Crippen molar-refractivity contribution in [2.24, 2.45) is 5.92 Å². The van der Waals surface area contributed by atoms with Gasteiger partial charge in [0, 0.05) is 18.8 Å². The number of unbranched alkanes of at least 4 members (excludes halogenated alkanes) is 1. The summed E-state index contributed by atoms with van der Waals surface area (Å²) in [6, 6.07) is 0. The van der Waals surface area contributed by atoms with Gasteiger partial charge in [-0.25, -0.2) is 4.98 Å². The first-order valence-electron chi connectivity index (χ1n) is 7.38. The number of nitrogens with one attached hydrogen (secondary N) is 1. The van der Waals surface area contributed by atoms with Gasteiger partial charge in [0.15, 0.2) is 5.16 Å². The maximum atomic E-state index is 11.7. The molecule has 0 saturated carbocycles. The lowest BCUT2D eigenvalue weighted by Gasteiger charge is -2.12. The van der Waals surface area contributed by atoms with E-state index in [4.69, 9.17) is 0 Å². The van der Waals surface area contributed by atoms with E-state index in [2.05, 4.69) is 42.6 Å². The molecule has 0 aliphatic carbocycles. The van der Waals surface area contributed by atoms with Crippen LogP contribution in [0, 0.1) is 19.8 Å². The van der Waals surface area contributed by atoms with Gasteiger partial charge in [0.1, 0.15) is 0 Å². The van der Waals surface area contributed by atoms with Gasteiger partial charge in [0.05, 0.1) is 11.4 Å². The molecular weight excluding hydrogens is 270 g/mol. The van der Waals surface area contributed by atoms with E-state index in [1.54, 1.807) is 0 Å². The summed E-state index contributed by atoms with van der Waals surface area (Å²) in [6.07, 6.45) is 2.14. The zero-order chi connectivity index (χ0) is 15.1. The highest BCUT2D eigenvalue weighted by Crippen LogP contribution is 2.22. The third kappa shape index (κ3) is 5.19. The minimum absolute atomic E-state index is 0.0952. The number of nitrogens with zero attached hydrogens (tertiary/aromatic N) is 2. The Bertz CT molecular complexity index is 441. The van der Waals surface area contributed by atoms with Gasteiger partial charge in [0.25, 0.3) is 0 Å². The summed E-state index contributed by atoms with van der Waals surface area (Å²) in [6.45, 7) is 12.4. The predicted molar refractivity (Wildman–Crippen MR) is 85.2 cm³/mol. The summed E-state index contributed by atoms with van der Waals surface area (Å²) in [4.78, 5) is 16.3. The second kappa shape index (κ2) is 8.35. The zero-order valence-corrected chi connectivity index (χ0v) is 14.1. The molecule has 1 rings (SSSR count). The van der Waals surface area contributed by atoms with E-state index in [1.807, 2.05) is 6.92 Å². The van der Waals surface area contributed by atoms with Crippen LogP contribution < -0.4 is 5.32 Å². The molecule has 4 nitrogen and oxygen atoms in total. The fourth-order valence-electron chi connectivity index (χ4n) is 1.90. The molecule has 0 aliphatic rings. The average molecular weight is 297 g/mol. The van der Waals surface area contributed by atoms with Gasteiger partial charge in [-0.15, -0.1) is 0 Å². The highest BCUT2D eigenvalue weighted by molar-refractivity contribution is 7.99. The lowest BCUT2D eigenvalue weighted by molar-refractivity contribution is -0.118. The van der Waals surface area contributed by atoms with Crippen LogP contribution in [0.5, 0.6) is 0 Å². The normalized spacial score (nSPS) is 11.1. The number of hydrogen-bond acceptors (Lipinski definition) is 3. The van der Waals surface area contributed by atoms with Crippen LogP contribution in [0.2, 0.25) is 0 Å². The summed E-state index contributed by atoms with van der Waals surface area (Å²) in [5.74, 6) is 1.11. The number of carbonyl (C=O) groups excluding carboxylic acids is 1. The second-order valence-corrected chi connectivity index (χ2v) is 6.50. The van der Waals surface area contributed by atoms with E-state index in [-0.39, 0.29) is 5.91 Å². The molecule has 114 valence electrons. The number of hydrogen-bond donors (Lipinski definition) is 1. The predicted octanol–water partition coefficient (Wildman–Crippen LogP) is 3.16. The second-order valence-electron chi connectivity index (χ2n) is 5.56. The van der Waals surface area contributed by atoms with Crippen molar-refractivity contribution >= 4 is 17.7 Å². The molecule has 5 heteroatoms. The summed E-state index contributed by atoms with van der Waals surface area (Å²) in [7, 11) is 0. The van der Waals surface area contributed by atoms with E-state index in [1.165, 1.54) is 17.5 Å². The SMILES string of the molecule is CCCCNC(=O)CSc1nc(C)c(C)n1CC(C)C. The Kier molecular flexibility index (Phi) is 7.13. The Balaban J connectivity index is 2.59. The standard InChI is InChI=1S/C15H27N3OS/c1-6-7-8-16-14(19)10-20-15-17-12(4)13(5)18(15)9-11(2)3/h11H,6-10H2,1-5H3,(H,16,19). The Labute approximate surface area is 126 Å². The van der Waals surface area contributed by atoms with Gasteiger partial charge in [-0.2, -0.15) is 0 Å². The first-order chi connectivity index (χ1) is 9.45. The van der Waals surface area contributed by atoms with Crippen molar-refractivity contribution < 1.29 is 4.79 Å². The molecule has 0 saturated heterocycles. The number of aromatic nitrogens is 2. The van der Waals surface area contributed by atoms with E-state index < -0.39 is 0 Å². The minimum atomic E-state index is 0.0952. The van der Waals surface area contributed by atoms with Crippen molar-refractivity contribution in [2.75, 3.05) is 12.3 Å². The number of thioether (sulfide) groups is 1. The van der Waals surface area contributed by atoms with Gasteiger partial charge in [-0.1, -0.05) is 39.0 Å². The molecule has 0 unspecified atom stereocenters. The van der Waals surface area contributed by atoms with Crippen molar-refractivity contribution in [2.45, 2.75) is 59.2 Å². The first-order valence-corrected chi connectivity index (χ1v) is 8.37. The molecule has 0 radical (unpaired) electrons. The molecule has 1 aromatic heterocycles. The van der Waals surface area contributed by atoms with Gasteiger partial charge in [-0.05, 0) is 26.2 Å². The fourth-order valence-corrected chi connectivity index (χ4v) is 2.83. The van der Waals surface area contributed by atoms with E-state index in [0.29, 0.717) is 11.7 Å². The van der Waals surface area contributed by atoms with Crippen molar-refractivity contribution in [3.8, 4) is 0 Å². The van der Waals surface area contributed by atoms with Gasteiger partial charge < -0.3 is 9.88 Å². The quantitative estimate of drug-likeness (QED) is 0.592. The van der Waals surface area contributed by atoms with Gasteiger partial charge in [0.2, 0.25) is 5.91 Å². The van der Waals surface area contributed by atoms with Crippen molar-refractivity contribution in [3.05, 3.63) is 11.4 Å². The minimum Gasteiger partial charge on any atom is -0.355 e. The zero-order valence-electron chi connectivity index (χ0n) is 13.3. The third-order valence-corrected chi connectivity index (χ3v) is 4.13. The number of amides is 1. The van der Waals surface area contributed by atoms with Crippen molar-refractivity contribution in [1.82, 2.24) is 14.9 Å². The Hall–Kier alpha value is -0.970. The van der Waals surface area contributed by atoms with Crippen LogP contribution in [0.4, 0.5) is 0 Å². The average Bonchev–Trinajstić information content (AvgIpc) is 2.64. The fraction of sp³-hybridized carbons (Fsp3) is 0.733. The van der Waals surface area contributed by atoms with E-state index >= 15 is 0 Å². The van der Waals surface area contributed by atoms with Crippen LogP contribution in [-0.2, 0) is 11.3 Å². The van der Waals surface area contributed by atoms with Gasteiger partial charge >= 0.3 is 0 Å².